The number of hydrogen-bond acceptors (Lipinski definition) is 5. The number of nitro groups is 1. The van der Waals surface area contributed by atoms with Gasteiger partial charge in [-0.25, -0.2) is 13.6 Å². The van der Waals surface area contributed by atoms with Crippen LogP contribution in [0.3, 0.4) is 0 Å². The molecule has 0 radical (unpaired) electrons. The van der Waals surface area contributed by atoms with Crippen LogP contribution in [0.5, 0.6) is 0 Å². The lowest BCUT2D eigenvalue weighted by Gasteiger charge is -2.26. The lowest BCUT2D eigenvalue weighted by molar-refractivity contribution is -0.384. The first-order valence-corrected chi connectivity index (χ1v) is 8.50. The molecule has 1 aromatic carbocycles. The predicted octanol–water partition coefficient (Wildman–Crippen LogP) is 2.01. The van der Waals surface area contributed by atoms with Gasteiger partial charge in [0.25, 0.3) is 5.69 Å². The molecule has 0 amide bonds. The van der Waals surface area contributed by atoms with E-state index in [4.69, 9.17) is 5.14 Å². The van der Waals surface area contributed by atoms with Crippen LogP contribution in [-0.4, -0.2) is 26.4 Å². The number of rotatable bonds is 3. The maximum atomic E-state index is 11.3. The molecule has 0 bridgehead atoms. The van der Waals surface area contributed by atoms with Gasteiger partial charge in [-0.2, -0.15) is 0 Å². The Hall–Kier alpha value is -1.67. The lowest BCUT2D eigenvalue weighted by Crippen LogP contribution is -2.27. The van der Waals surface area contributed by atoms with Crippen LogP contribution in [-0.2, 0) is 10.0 Å². The minimum Gasteiger partial charge on any atom is -0.366 e. The van der Waals surface area contributed by atoms with Crippen molar-refractivity contribution in [3.8, 4) is 0 Å². The van der Waals surface area contributed by atoms with E-state index in [-0.39, 0.29) is 10.6 Å². The summed E-state index contributed by atoms with van der Waals surface area (Å²) in [6, 6.07) is 3.86. The molecule has 2 rings (SSSR count). The van der Waals surface area contributed by atoms with Crippen molar-refractivity contribution in [3.63, 3.8) is 0 Å². The molecule has 8 heteroatoms. The molecule has 1 aliphatic heterocycles. The summed E-state index contributed by atoms with van der Waals surface area (Å²) in [7, 11) is -3.94. The van der Waals surface area contributed by atoms with Crippen molar-refractivity contribution in [1.82, 2.24) is 0 Å². The largest absolute Gasteiger partial charge is 0.366 e. The number of hydrogen-bond donors (Lipinski definition) is 1. The van der Waals surface area contributed by atoms with E-state index in [0.717, 1.165) is 44.8 Å². The van der Waals surface area contributed by atoms with Crippen LogP contribution in [0.4, 0.5) is 11.4 Å². The van der Waals surface area contributed by atoms with Gasteiger partial charge >= 0.3 is 0 Å². The Morgan fingerprint density at radius 3 is 2.19 bits per heavy atom. The SMILES string of the molecule is NS(=O)(=O)c1ccc(N2CCCCCCC2)c([N+](=O)[O-])c1. The lowest BCUT2D eigenvalue weighted by atomic mass is 10.1. The summed E-state index contributed by atoms with van der Waals surface area (Å²) in [4.78, 5) is 12.4. The topological polar surface area (TPSA) is 107 Å². The normalized spacial score (nSPS) is 17.1. The van der Waals surface area contributed by atoms with Crippen molar-refractivity contribution in [1.29, 1.82) is 0 Å². The Balaban J connectivity index is 2.40. The fourth-order valence-corrected chi connectivity index (χ4v) is 3.12. The Morgan fingerprint density at radius 1 is 1.10 bits per heavy atom. The van der Waals surface area contributed by atoms with E-state index in [1.165, 1.54) is 18.6 Å². The molecule has 0 spiro atoms. The van der Waals surface area contributed by atoms with Crippen LogP contribution in [0, 0.1) is 10.1 Å². The minimum atomic E-state index is -3.94. The third-order valence-electron chi connectivity index (χ3n) is 3.67. The molecule has 2 N–H and O–H groups in total. The van der Waals surface area contributed by atoms with Gasteiger partial charge in [-0.05, 0) is 25.0 Å². The molecule has 1 saturated heterocycles. The molecule has 1 aliphatic rings. The van der Waals surface area contributed by atoms with E-state index in [9.17, 15) is 18.5 Å². The molecular weight excluding hydrogens is 294 g/mol. The maximum absolute atomic E-state index is 11.3. The van der Waals surface area contributed by atoms with Crippen LogP contribution < -0.4 is 10.0 Å². The summed E-state index contributed by atoms with van der Waals surface area (Å²) in [5.41, 5.74) is 0.261. The summed E-state index contributed by atoms with van der Waals surface area (Å²) in [5, 5.41) is 16.3. The standard InChI is InChI=1S/C13H19N3O4S/c14-21(19,20)11-6-7-12(13(10-11)16(17)18)15-8-4-2-1-3-5-9-15/h6-7,10H,1-5,8-9H2,(H2,14,19,20). The molecule has 1 aromatic rings. The monoisotopic (exact) mass is 313 g/mol. The summed E-state index contributed by atoms with van der Waals surface area (Å²) < 4.78 is 22.7. The number of sulfonamides is 1. The van der Waals surface area contributed by atoms with Gasteiger partial charge in [-0.15, -0.1) is 0 Å². The zero-order chi connectivity index (χ0) is 15.5. The molecule has 1 fully saturated rings. The minimum absolute atomic E-state index is 0.206. The Morgan fingerprint density at radius 2 is 1.67 bits per heavy atom. The number of anilines is 1. The maximum Gasteiger partial charge on any atom is 0.293 e. The predicted molar refractivity (Wildman–Crippen MR) is 79.8 cm³/mol. The molecule has 0 saturated carbocycles. The first-order chi connectivity index (χ1) is 9.89. The zero-order valence-corrected chi connectivity index (χ0v) is 12.5. The molecule has 0 atom stereocenters. The number of primary sulfonamides is 1. The second-order valence-electron chi connectivity index (χ2n) is 5.21. The average Bonchev–Trinajstić information content (AvgIpc) is 2.36. The first kappa shape index (κ1) is 15.7. The highest BCUT2D eigenvalue weighted by Gasteiger charge is 2.23. The van der Waals surface area contributed by atoms with Crippen molar-refractivity contribution in [3.05, 3.63) is 28.3 Å². The third kappa shape index (κ3) is 3.92. The quantitative estimate of drug-likeness (QED) is 0.678. The Bertz CT molecular complexity index is 622. The fraction of sp³-hybridized carbons (Fsp3) is 0.538. The number of benzene rings is 1. The highest BCUT2D eigenvalue weighted by molar-refractivity contribution is 7.89. The molecular formula is C13H19N3O4S. The van der Waals surface area contributed by atoms with Crippen LogP contribution in [0.25, 0.3) is 0 Å². The third-order valence-corrected chi connectivity index (χ3v) is 4.58. The van der Waals surface area contributed by atoms with E-state index < -0.39 is 14.9 Å². The second-order valence-corrected chi connectivity index (χ2v) is 6.77. The second kappa shape index (κ2) is 6.40. The van der Waals surface area contributed by atoms with E-state index in [1.807, 2.05) is 4.90 Å². The van der Waals surface area contributed by atoms with Crippen LogP contribution in [0.15, 0.2) is 23.1 Å². The Labute approximate surface area is 123 Å². The first-order valence-electron chi connectivity index (χ1n) is 6.96. The van der Waals surface area contributed by atoms with Crippen molar-refractivity contribution in [2.24, 2.45) is 5.14 Å². The van der Waals surface area contributed by atoms with E-state index >= 15 is 0 Å². The molecule has 7 nitrogen and oxygen atoms in total. The van der Waals surface area contributed by atoms with Gasteiger partial charge in [-0.1, -0.05) is 19.3 Å². The van der Waals surface area contributed by atoms with Gasteiger partial charge in [0, 0.05) is 19.2 Å². The smallest absolute Gasteiger partial charge is 0.293 e. The molecule has 0 aliphatic carbocycles. The summed E-state index contributed by atoms with van der Waals surface area (Å²) in [5.74, 6) is 0. The van der Waals surface area contributed by atoms with Crippen LogP contribution >= 0.6 is 0 Å². The van der Waals surface area contributed by atoms with E-state index in [0.29, 0.717) is 5.69 Å². The number of nitro benzene ring substituents is 1. The molecule has 0 unspecified atom stereocenters. The molecule has 0 aromatic heterocycles. The van der Waals surface area contributed by atoms with Crippen LogP contribution in [0.1, 0.15) is 32.1 Å². The van der Waals surface area contributed by atoms with Crippen molar-refractivity contribution >= 4 is 21.4 Å². The van der Waals surface area contributed by atoms with E-state index in [2.05, 4.69) is 0 Å². The van der Waals surface area contributed by atoms with Crippen molar-refractivity contribution in [2.75, 3.05) is 18.0 Å². The summed E-state index contributed by atoms with van der Waals surface area (Å²) >= 11 is 0. The number of nitrogens with zero attached hydrogens (tertiary/aromatic N) is 2. The molecule has 21 heavy (non-hydrogen) atoms. The zero-order valence-electron chi connectivity index (χ0n) is 11.7. The fourth-order valence-electron chi connectivity index (χ4n) is 2.58. The van der Waals surface area contributed by atoms with Gasteiger partial charge in [-0.3, -0.25) is 10.1 Å². The van der Waals surface area contributed by atoms with Crippen LogP contribution in [0.2, 0.25) is 0 Å². The highest BCUT2D eigenvalue weighted by Crippen LogP contribution is 2.31. The van der Waals surface area contributed by atoms with E-state index in [1.54, 1.807) is 0 Å². The van der Waals surface area contributed by atoms with Gasteiger partial charge in [0.15, 0.2) is 0 Å². The van der Waals surface area contributed by atoms with Gasteiger partial charge in [0.1, 0.15) is 5.69 Å². The molecule has 116 valence electrons. The number of nitrogens with two attached hydrogens (primary N) is 1. The molecule has 1 heterocycles. The average molecular weight is 313 g/mol. The summed E-state index contributed by atoms with van der Waals surface area (Å²) in [6.45, 7) is 1.49. The van der Waals surface area contributed by atoms with Gasteiger partial charge < -0.3 is 4.90 Å². The van der Waals surface area contributed by atoms with Gasteiger partial charge in [0.2, 0.25) is 10.0 Å². The Kier molecular flexibility index (Phi) is 4.79. The highest BCUT2D eigenvalue weighted by atomic mass is 32.2. The van der Waals surface area contributed by atoms with Crippen molar-refractivity contribution in [2.45, 2.75) is 37.0 Å². The van der Waals surface area contributed by atoms with Crippen molar-refractivity contribution < 1.29 is 13.3 Å². The van der Waals surface area contributed by atoms with Gasteiger partial charge in [0.05, 0.1) is 9.82 Å². The summed E-state index contributed by atoms with van der Waals surface area (Å²) in [6.07, 6.45) is 5.38.